The highest BCUT2D eigenvalue weighted by atomic mass is 16.5. The summed E-state index contributed by atoms with van der Waals surface area (Å²) in [6.45, 7) is 2.99. The lowest BCUT2D eigenvalue weighted by Crippen LogP contribution is -1.97. The van der Waals surface area contributed by atoms with Gasteiger partial charge in [-0.25, -0.2) is 0 Å². The van der Waals surface area contributed by atoms with Crippen LogP contribution in [0.4, 0.5) is 0 Å². The predicted octanol–water partition coefficient (Wildman–Crippen LogP) is 8.81. The number of hydrogen-bond acceptors (Lipinski definition) is 2. The molecule has 0 aliphatic carbocycles. The third-order valence-electron chi connectivity index (χ3n) is 5.62. The Balaban J connectivity index is 1.72. The van der Waals surface area contributed by atoms with E-state index in [-0.39, 0.29) is 5.75 Å². The van der Waals surface area contributed by atoms with Crippen LogP contribution >= 0.6 is 0 Å². The zero-order valence-electron chi connectivity index (χ0n) is 18.6. The fourth-order valence-corrected chi connectivity index (χ4v) is 3.77. The summed E-state index contributed by atoms with van der Waals surface area (Å²) >= 11 is 0. The second-order valence-electron chi connectivity index (χ2n) is 8.33. The standard InChI is InChI=1S/C26H46O2/c1-2-3-4-5-6-7-8-9-10-11-12-13-14-15-16-17-18-21-24-28-26-23-20-19-22-25(26)27/h19-20,22-23,27H,2-18,21,24H2,1H3. The minimum absolute atomic E-state index is 0.241. The number of aromatic hydroxyl groups is 1. The van der Waals surface area contributed by atoms with Crippen LogP contribution in [0, 0.1) is 0 Å². The highest BCUT2D eigenvalue weighted by Crippen LogP contribution is 2.24. The number of phenolic OH excluding ortho intramolecular Hbond substituents is 1. The number of unbranched alkanes of at least 4 members (excludes halogenated alkanes) is 17. The Bertz CT molecular complexity index is 444. The molecule has 1 N–H and O–H groups in total. The fraction of sp³-hybridized carbons (Fsp3) is 0.769. The summed E-state index contributed by atoms with van der Waals surface area (Å²) in [4.78, 5) is 0. The van der Waals surface area contributed by atoms with Gasteiger partial charge in [-0.2, -0.15) is 0 Å². The highest BCUT2D eigenvalue weighted by Gasteiger charge is 1.99. The van der Waals surface area contributed by atoms with Crippen molar-refractivity contribution in [2.45, 2.75) is 122 Å². The second-order valence-corrected chi connectivity index (χ2v) is 8.33. The first-order chi connectivity index (χ1) is 13.8. The summed E-state index contributed by atoms with van der Waals surface area (Å²) in [6, 6.07) is 7.21. The van der Waals surface area contributed by atoms with Gasteiger partial charge in [-0.3, -0.25) is 0 Å². The summed E-state index contributed by atoms with van der Waals surface area (Å²) in [7, 11) is 0. The Hall–Kier alpha value is -1.18. The number of hydrogen-bond donors (Lipinski definition) is 1. The monoisotopic (exact) mass is 390 g/mol. The summed E-state index contributed by atoms with van der Waals surface area (Å²) in [5, 5.41) is 9.64. The van der Waals surface area contributed by atoms with E-state index in [1.54, 1.807) is 6.07 Å². The first-order valence-corrected chi connectivity index (χ1v) is 12.3. The number of para-hydroxylation sites is 2. The lowest BCUT2D eigenvalue weighted by Gasteiger charge is -2.07. The topological polar surface area (TPSA) is 29.5 Å². The fourth-order valence-electron chi connectivity index (χ4n) is 3.77. The Kier molecular flexibility index (Phi) is 17.0. The number of rotatable bonds is 20. The Morgan fingerprint density at radius 2 is 0.964 bits per heavy atom. The molecule has 162 valence electrons. The van der Waals surface area contributed by atoms with E-state index in [9.17, 15) is 5.11 Å². The van der Waals surface area contributed by atoms with Gasteiger partial charge in [0.25, 0.3) is 0 Å². The third-order valence-corrected chi connectivity index (χ3v) is 5.62. The molecule has 0 aromatic heterocycles. The molecular formula is C26H46O2. The molecule has 0 unspecified atom stereocenters. The van der Waals surface area contributed by atoms with Crippen LogP contribution in [-0.4, -0.2) is 11.7 Å². The molecule has 0 heterocycles. The molecule has 1 rings (SSSR count). The minimum atomic E-state index is 0.241. The molecule has 0 radical (unpaired) electrons. The molecule has 1 aromatic carbocycles. The van der Waals surface area contributed by atoms with Crippen molar-refractivity contribution in [2.75, 3.05) is 6.61 Å². The largest absolute Gasteiger partial charge is 0.504 e. The van der Waals surface area contributed by atoms with Gasteiger partial charge in [-0.15, -0.1) is 0 Å². The van der Waals surface area contributed by atoms with Crippen LogP contribution in [0.5, 0.6) is 11.5 Å². The van der Waals surface area contributed by atoms with Gasteiger partial charge in [0.1, 0.15) is 0 Å². The van der Waals surface area contributed by atoms with Crippen LogP contribution in [0.2, 0.25) is 0 Å². The molecule has 1 aromatic rings. The molecule has 0 amide bonds. The van der Waals surface area contributed by atoms with Crippen molar-refractivity contribution in [1.29, 1.82) is 0 Å². The van der Waals surface area contributed by atoms with E-state index >= 15 is 0 Å². The molecule has 0 atom stereocenters. The Morgan fingerprint density at radius 3 is 1.39 bits per heavy atom. The van der Waals surface area contributed by atoms with E-state index in [2.05, 4.69) is 6.92 Å². The van der Waals surface area contributed by atoms with Crippen molar-refractivity contribution in [3.8, 4) is 11.5 Å². The molecule has 2 nitrogen and oxygen atoms in total. The van der Waals surface area contributed by atoms with Gasteiger partial charge in [0.05, 0.1) is 6.61 Å². The lowest BCUT2D eigenvalue weighted by atomic mass is 10.0. The molecule has 0 saturated heterocycles. The van der Waals surface area contributed by atoms with Gasteiger partial charge in [0.2, 0.25) is 0 Å². The third kappa shape index (κ3) is 14.8. The van der Waals surface area contributed by atoms with E-state index in [0.29, 0.717) is 12.4 Å². The van der Waals surface area contributed by atoms with Gasteiger partial charge < -0.3 is 9.84 Å². The van der Waals surface area contributed by atoms with Gasteiger partial charge >= 0.3 is 0 Å². The van der Waals surface area contributed by atoms with Gasteiger partial charge in [-0.05, 0) is 18.6 Å². The maximum atomic E-state index is 9.64. The molecule has 0 spiro atoms. The number of ether oxygens (including phenoxy) is 1. The average molecular weight is 391 g/mol. The molecule has 2 heteroatoms. The molecule has 0 saturated carbocycles. The van der Waals surface area contributed by atoms with Crippen LogP contribution < -0.4 is 4.74 Å². The average Bonchev–Trinajstić information content (AvgIpc) is 2.71. The number of benzene rings is 1. The zero-order valence-corrected chi connectivity index (χ0v) is 18.6. The Labute approximate surface area is 175 Å². The minimum Gasteiger partial charge on any atom is -0.504 e. The maximum absolute atomic E-state index is 9.64. The predicted molar refractivity (Wildman–Crippen MR) is 122 cm³/mol. The van der Waals surface area contributed by atoms with Crippen molar-refractivity contribution in [2.24, 2.45) is 0 Å². The second kappa shape index (κ2) is 19.2. The summed E-state index contributed by atoms with van der Waals surface area (Å²) < 4.78 is 5.62. The summed E-state index contributed by atoms with van der Waals surface area (Å²) in [5.74, 6) is 0.847. The molecule has 0 aliphatic rings. The van der Waals surface area contributed by atoms with Crippen molar-refractivity contribution < 1.29 is 9.84 Å². The lowest BCUT2D eigenvalue weighted by molar-refractivity contribution is 0.288. The first-order valence-electron chi connectivity index (χ1n) is 12.3. The van der Waals surface area contributed by atoms with Crippen LogP contribution in [-0.2, 0) is 0 Å². The summed E-state index contributed by atoms with van der Waals surface area (Å²) in [6.07, 6.45) is 25.0. The van der Waals surface area contributed by atoms with Crippen LogP contribution in [0.25, 0.3) is 0 Å². The molecule has 0 fully saturated rings. The van der Waals surface area contributed by atoms with E-state index in [4.69, 9.17) is 4.74 Å². The highest BCUT2D eigenvalue weighted by molar-refractivity contribution is 5.37. The zero-order chi connectivity index (χ0) is 20.1. The normalized spacial score (nSPS) is 11.0. The van der Waals surface area contributed by atoms with Crippen molar-refractivity contribution in [1.82, 2.24) is 0 Å². The van der Waals surface area contributed by atoms with E-state index in [1.807, 2.05) is 18.2 Å². The van der Waals surface area contributed by atoms with Gasteiger partial charge in [0, 0.05) is 0 Å². The molecular weight excluding hydrogens is 344 g/mol. The molecule has 0 bridgehead atoms. The van der Waals surface area contributed by atoms with Crippen LogP contribution in [0.1, 0.15) is 122 Å². The van der Waals surface area contributed by atoms with Crippen molar-refractivity contribution in [3.63, 3.8) is 0 Å². The smallest absolute Gasteiger partial charge is 0.160 e. The van der Waals surface area contributed by atoms with Crippen LogP contribution in [0.3, 0.4) is 0 Å². The van der Waals surface area contributed by atoms with E-state index in [1.165, 1.54) is 109 Å². The molecule has 28 heavy (non-hydrogen) atoms. The molecule has 0 aliphatic heterocycles. The van der Waals surface area contributed by atoms with Gasteiger partial charge in [-0.1, -0.05) is 128 Å². The van der Waals surface area contributed by atoms with Gasteiger partial charge in [0.15, 0.2) is 11.5 Å². The quantitative estimate of drug-likeness (QED) is 0.225. The summed E-state index contributed by atoms with van der Waals surface area (Å²) in [5.41, 5.74) is 0. The SMILES string of the molecule is CCCCCCCCCCCCCCCCCCCCOc1ccccc1O. The van der Waals surface area contributed by atoms with Crippen LogP contribution in [0.15, 0.2) is 24.3 Å². The van der Waals surface area contributed by atoms with Crippen molar-refractivity contribution >= 4 is 0 Å². The van der Waals surface area contributed by atoms with E-state index in [0.717, 1.165) is 6.42 Å². The first kappa shape index (κ1) is 24.9. The van der Waals surface area contributed by atoms with Crippen molar-refractivity contribution in [3.05, 3.63) is 24.3 Å². The number of phenols is 1. The maximum Gasteiger partial charge on any atom is 0.160 e. The van der Waals surface area contributed by atoms with E-state index < -0.39 is 0 Å². The Morgan fingerprint density at radius 1 is 0.571 bits per heavy atom.